The number of hydrogen-bond donors (Lipinski definition) is 3. The molecule has 1 aliphatic rings. The predicted octanol–water partition coefficient (Wildman–Crippen LogP) is 2.29. The molecular weight excluding hydrogens is 309 g/mol. The highest BCUT2D eigenvalue weighted by Crippen LogP contribution is 2.31. The van der Waals surface area contributed by atoms with Crippen LogP contribution in [0.4, 0.5) is 4.39 Å². The van der Waals surface area contributed by atoms with E-state index < -0.39 is 6.10 Å². The van der Waals surface area contributed by atoms with Crippen molar-refractivity contribution in [2.45, 2.75) is 18.6 Å². The highest BCUT2D eigenvalue weighted by molar-refractivity contribution is 5.78. The molecule has 1 heterocycles. The number of fused-ring (bicyclic) bond motifs is 1. The Kier molecular flexibility index (Phi) is 4.96. The molecular formula is C18H20FN3O2. The lowest BCUT2D eigenvalue weighted by Gasteiger charge is -2.27. The molecule has 2 atom stereocenters. The number of rotatable bonds is 4. The minimum absolute atomic E-state index is 0.0185. The van der Waals surface area contributed by atoms with Gasteiger partial charge >= 0.3 is 0 Å². The van der Waals surface area contributed by atoms with Crippen molar-refractivity contribution < 1.29 is 14.2 Å². The maximum absolute atomic E-state index is 13.2. The first-order valence-electron chi connectivity index (χ1n) is 7.85. The number of nitrogens with two attached hydrogens (primary N) is 1. The summed E-state index contributed by atoms with van der Waals surface area (Å²) >= 11 is 0. The average molecular weight is 329 g/mol. The molecule has 0 amide bonds. The Morgan fingerprint density at radius 2 is 2.17 bits per heavy atom. The Balaban J connectivity index is 1.63. The first-order chi connectivity index (χ1) is 11.6. The van der Waals surface area contributed by atoms with Crippen molar-refractivity contribution in [3.8, 4) is 5.75 Å². The number of guanidine groups is 1. The van der Waals surface area contributed by atoms with E-state index in [1.807, 2.05) is 24.3 Å². The second-order valence-electron chi connectivity index (χ2n) is 5.67. The summed E-state index contributed by atoms with van der Waals surface area (Å²) < 4.78 is 18.8. The van der Waals surface area contributed by atoms with Gasteiger partial charge in [-0.25, -0.2) is 4.39 Å². The van der Waals surface area contributed by atoms with Crippen LogP contribution in [0.5, 0.6) is 5.75 Å². The van der Waals surface area contributed by atoms with Gasteiger partial charge in [0.15, 0.2) is 5.96 Å². The molecule has 6 heteroatoms. The van der Waals surface area contributed by atoms with Crippen LogP contribution in [0.3, 0.4) is 0 Å². The van der Waals surface area contributed by atoms with Gasteiger partial charge in [0.2, 0.25) is 0 Å². The highest BCUT2D eigenvalue weighted by Gasteiger charge is 2.21. The number of ether oxygens (including phenoxy) is 1. The second kappa shape index (κ2) is 7.31. The molecule has 2 unspecified atom stereocenters. The standard InChI is InChI=1S/C18H20FN3O2/c19-13-5-3-4-12(10-13)16(23)11-21-18(20)22-15-8-9-24-17-7-2-1-6-14(15)17/h1-7,10,15-16,23H,8-9,11H2,(H3,20,21,22). The SMILES string of the molecule is NC(=NCC(O)c1cccc(F)c1)NC1CCOc2ccccc21. The summed E-state index contributed by atoms with van der Waals surface area (Å²) in [6.07, 6.45) is -0.123. The number of aliphatic hydroxyl groups is 1. The molecule has 24 heavy (non-hydrogen) atoms. The van der Waals surface area contributed by atoms with Crippen molar-refractivity contribution in [3.05, 3.63) is 65.5 Å². The lowest BCUT2D eigenvalue weighted by molar-refractivity contribution is 0.186. The van der Waals surface area contributed by atoms with Gasteiger partial charge in [-0.05, 0) is 23.8 Å². The Morgan fingerprint density at radius 3 is 3.00 bits per heavy atom. The van der Waals surface area contributed by atoms with E-state index in [2.05, 4.69) is 10.3 Å². The summed E-state index contributed by atoms with van der Waals surface area (Å²) in [5.74, 6) is 0.696. The number of hydrogen-bond acceptors (Lipinski definition) is 3. The van der Waals surface area contributed by atoms with E-state index in [1.165, 1.54) is 12.1 Å². The number of halogens is 1. The van der Waals surface area contributed by atoms with E-state index in [0.29, 0.717) is 12.2 Å². The molecule has 0 aromatic heterocycles. The molecule has 0 radical (unpaired) electrons. The Bertz CT molecular complexity index is 736. The maximum Gasteiger partial charge on any atom is 0.189 e. The second-order valence-corrected chi connectivity index (χ2v) is 5.67. The minimum Gasteiger partial charge on any atom is -0.493 e. The first-order valence-corrected chi connectivity index (χ1v) is 7.85. The number of nitrogens with zero attached hydrogens (tertiary/aromatic N) is 1. The molecule has 5 nitrogen and oxygen atoms in total. The van der Waals surface area contributed by atoms with Gasteiger partial charge in [-0.15, -0.1) is 0 Å². The van der Waals surface area contributed by atoms with Crippen LogP contribution < -0.4 is 15.8 Å². The summed E-state index contributed by atoms with van der Waals surface area (Å²) in [6.45, 7) is 0.668. The van der Waals surface area contributed by atoms with Gasteiger partial charge in [-0.3, -0.25) is 4.99 Å². The zero-order valence-electron chi connectivity index (χ0n) is 13.2. The Hall–Kier alpha value is -2.60. The number of aliphatic imine (C=N–C) groups is 1. The molecule has 3 rings (SSSR count). The van der Waals surface area contributed by atoms with Gasteiger partial charge in [-0.1, -0.05) is 30.3 Å². The molecule has 1 aliphatic heterocycles. The number of benzene rings is 2. The molecule has 2 aromatic rings. The summed E-state index contributed by atoms with van der Waals surface area (Å²) in [5, 5.41) is 13.2. The average Bonchev–Trinajstić information content (AvgIpc) is 2.60. The van der Waals surface area contributed by atoms with Gasteiger partial charge in [0.05, 0.1) is 25.3 Å². The molecule has 0 bridgehead atoms. The summed E-state index contributed by atoms with van der Waals surface area (Å²) in [7, 11) is 0. The van der Waals surface area contributed by atoms with Crippen LogP contribution in [0.2, 0.25) is 0 Å². The largest absolute Gasteiger partial charge is 0.493 e. The quantitative estimate of drug-likeness (QED) is 0.594. The number of aliphatic hydroxyl groups excluding tert-OH is 1. The van der Waals surface area contributed by atoms with Crippen molar-refractivity contribution in [2.75, 3.05) is 13.2 Å². The van der Waals surface area contributed by atoms with Crippen LogP contribution in [0.25, 0.3) is 0 Å². The van der Waals surface area contributed by atoms with E-state index in [0.717, 1.165) is 17.7 Å². The van der Waals surface area contributed by atoms with Gasteiger partial charge in [-0.2, -0.15) is 0 Å². The van der Waals surface area contributed by atoms with Gasteiger partial charge in [0.1, 0.15) is 11.6 Å². The van der Waals surface area contributed by atoms with E-state index >= 15 is 0 Å². The molecule has 0 saturated heterocycles. The number of para-hydroxylation sites is 1. The molecule has 0 aliphatic carbocycles. The zero-order chi connectivity index (χ0) is 16.9. The van der Waals surface area contributed by atoms with Crippen LogP contribution >= 0.6 is 0 Å². The van der Waals surface area contributed by atoms with Gasteiger partial charge in [0.25, 0.3) is 0 Å². The van der Waals surface area contributed by atoms with Crippen LogP contribution in [0, 0.1) is 5.82 Å². The van der Waals surface area contributed by atoms with E-state index in [9.17, 15) is 9.50 Å². The fraction of sp³-hybridized carbons (Fsp3) is 0.278. The monoisotopic (exact) mass is 329 g/mol. The molecule has 0 saturated carbocycles. The lowest BCUT2D eigenvalue weighted by Crippen LogP contribution is -2.37. The van der Waals surface area contributed by atoms with Crippen molar-refractivity contribution in [2.24, 2.45) is 10.7 Å². The van der Waals surface area contributed by atoms with Crippen LogP contribution in [-0.4, -0.2) is 24.2 Å². The third-order valence-corrected chi connectivity index (χ3v) is 3.95. The summed E-state index contributed by atoms with van der Waals surface area (Å²) in [6, 6.07) is 13.6. The zero-order valence-corrected chi connectivity index (χ0v) is 13.2. The molecule has 2 aromatic carbocycles. The third-order valence-electron chi connectivity index (χ3n) is 3.95. The maximum atomic E-state index is 13.2. The number of nitrogens with one attached hydrogen (secondary N) is 1. The molecule has 4 N–H and O–H groups in total. The van der Waals surface area contributed by atoms with Crippen molar-refractivity contribution in [1.29, 1.82) is 0 Å². The van der Waals surface area contributed by atoms with Gasteiger partial charge < -0.3 is 20.9 Å². The first kappa shape index (κ1) is 16.3. The fourth-order valence-electron chi connectivity index (χ4n) is 2.72. The topological polar surface area (TPSA) is 79.9 Å². The van der Waals surface area contributed by atoms with E-state index in [4.69, 9.17) is 10.5 Å². The normalized spacial score (nSPS) is 18.4. The van der Waals surface area contributed by atoms with Crippen LogP contribution in [-0.2, 0) is 0 Å². The smallest absolute Gasteiger partial charge is 0.189 e. The van der Waals surface area contributed by atoms with E-state index in [1.54, 1.807) is 12.1 Å². The van der Waals surface area contributed by atoms with Crippen LogP contribution in [0.1, 0.15) is 29.7 Å². The Labute approximate surface area is 140 Å². The molecule has 0 fully saturated rings. The third kappa shape index (κ3) is 3.83. The predicted molar refractivity (Wildman–Crippen MR) is 90.3 cm³/mol. The van der Waals surface area contributed by atoms with Gasteiger partial charge in [0, 0.05) is 12.0 Å². The lowest BCUT2D eigenvalue weighted by atomic mass is 10.0. The molecule has 126 valence electrons. The van der Waals surface area contributed by atoms with Crippen molar-refractivity contribution in [3.63, 3.8) is 0 Å². The van der Waals surface area contributed by atoms with Crippen LogP contribution in [0.15, 0.2) is 53.5 Å². The summed E-state index contributed by atoms with van der Waals surface area (Å²) in [5.41, 5.74) is 7.44. The fourth-order valence-corrected chi connectivity index (χ4v) is 2.72. The van der Waals surface area contributed by atoms with Crippen molar-refractivity contribution >= 4 is 5.96 Å². The van der Waals surface area contributed by atoms with Crippen molar-refractivity contribution in [1.82, 2.24) is 5.32 Å². The van der Waals surface area contributed by atoms with E-state index in [-0.39, 0.29) is 24.4 Å². The molecule has 0 spiro atoms. The Morgan fingerprint density at radius 1 is 1.33 bits per heavy atom. The minimum atomic E-state index is -0.900. The highest BCUT2D eigenvalue weighted by atomic mass is 19.1. The summed E-state index contributed by atoms with van der Waals surface area (Å²) in [4.78, 5) is 4.17.